The summed E-state index contributed by atoms with van der Waals surface area (Å²) in [4.78, 5) is 23.5. The van der Waals surface area contributed by atoms with E-state index in [9.17, 15) is 18.0 Å². The third-order valence-electron chi connectivity index (χ3n) is 3.83. The van der Waals surface area contributed by atoms with Gasteiger partial charge in [0.25, 0.3) is 0 Å². The molecule has 7 heteroatoms. The lowest BCUT2D eigenvalue weighted by molar-refractivity contribution is -0.143. The highest BCUT2D eigenvalue weighted by Gasteiger charge is 2.47. The van der Waals surface area contributed by atoms with Crippen molar-refractivity contribution < 1.29 is 27.5 Å². The van der Waals surface area contributed by atoms with Crippen LogP contribution in [0.25, 0.3) is 0 Å². The second-order valence-electron chi connectivity index (χ2n) is 5.59. The molecule has 0 saturated heterocycles. The van der Waals surface area contributed by atoms with Gasteiger partial charge in [0.1, 0.15) is 0 Å². The molecule has 0 aliphatic heterocycles. The smallest absolute Gasteiger partial charge is 0.330 e. The van der Waals surface area contributed by atoms with Gasteiger partial charge in [-0.05, 0) is 45.2 Å². The van der Waals surface area contributed by atoms with Crippen molar-refractivity contribution in [1.82, 2.24) is 0 Å². The van der Waals surface area contributed by atoms with Crippen LogP contribution in [0.4, 0.5) is 0 Å². The van der Waals surface area contributed by atoms with Crippen LogP contribution in [0, 0.1) is 0 Å². The molecule has 0 fully saturated rings. The lowest BCUT2D eigenvalue weighted by Crippen LogP contribution is -2.44. The van der Waals surface area contributed by atoms with E-state index in [0.717, 1.165) is 0 Å². The van der Waals surface area contributed by atoms with Crippen LogP contribution in [0.1, 0.15) is 33.1 Å². The molecule has 0 heterocycles. The van der Waals surface area contributed by atoms with Gasteiger partial charge in [0.05, 0.1) is 18.6 Å². The number of esters is 2. The predicted octanol–water partition coefficient (Wildman–Crippen LogP) is 2.68. The van der Waals surface area contributed by atoms with Crippen molar-refractivity contribution in [2.24, 2.45) is 0 Å². The summed E-state index contributed by atoms with van der Waals surface area (Å²) in [7, 11) is -2.75. The van der Waals surface area contributed by atoms with E-state index in [0.29, 0.717) is 19.4 Å². The number of benzene rings is 1. The van der Waals surface area contributed by atoms with Gasteiger partial charge in [-0.3, -0.25) is 4.79 Å². The Hall–Kier alpha value is -2.15. The van der Waals surface area contributed by atoms with Gasteiger partial charge >= 0.3 is 11.9 Å². The van der Waals surface area contributed by atoms with Crippen LogP contribution >= 0.6 is 0 Å². The summed E-state index contributed by atoms with van der Waals surface area (Å²) in [6, 6.07) is 7.82. The predicted molar refractivity (Wildman–Crippen MR) is 93.7 cm³/mol. The first-order valence-corrected chi connectivity index (χ1v) is 9.49. The van der Waals surface area contributed by atoms with E-state index in [1.807, 2.05) is 0 Å². The number of allylic oxidation sites excluding steroid dienone is 1. The largest absolute Gasteiger partial charge is 0.468 e. The Morgan fingerprint density at radius 1 is 1.20 bits per heavy atom. The molecule has 0 aromatic heterocycles. The highest BCUT2D eigenvalue weighted by Crippen LogP contribution is 2.31. The van der Waals surface area contributed by atoms with E-state index in [4.69, 9.17) is 9.47 Å². The maximum absolute atomic E-state index is 12.9. The Balaban J connectivity index is 2.90. The number of hydrogen-bond donors (Lipinski definition) is 0. The highest BCUT2D eigenvalue weighted by molar-refractivity contribution is 7.93. The van der Waals surface area contributed by atoms with E-state index in [-0.39, 0.29) is 11.3 Å². The zero-order valence-corrected chi connectivity index (χ0v) is 15.5. The average Bonchev–Trinajstić information content (AvgIpc) is 2.61. The lowest BCUT2D eigenvalue weighted by atomic mass is 10.0. The van der Waals surface area contributed by atoms with E-state index >= 15 is 0 Å². The fourth-order valence-corrected chi connectivity index (χ4v) is 4.10. The Morgan fingerprint density at radius 2 is 1.84 bits per heavy atom. The minimum atomic E-state index is -3.91. The van der Waals surface area contributed by atoms with Crippen molar-refractivity contribution in [2.75, 3.05) is 13.7 Å². The first-order chi connectivity index (χ1) is 11.8. The molecular formula is C18H24O6S. The van der Waals surface area contributed by atoms with Crippen molar-refractivity contribution in [3.8, 4) is 0 Å². The second-order valence-corrected chi connectivity index (χ2v) is 7.96. The summed E-state index contributed by atoms with van der Waals surface area (Å²) in [5.74, 6) is -1.25. The number of hydrogen-bond acceptors (Lipinski definition) is 6. The van der Waals surface area contributed by atoms with Crippen molar-refractivity contribution >= 4 is 21.8 Å². The standard InChI is InChI=1S/C18H24O6S/c1-4-24-16(19)13-9-6-10-14-18(2,17(20)23-3)25(21,22)15-11-7-5-8-12-15/h5,7-9,11-13H,4,6,10,14H2,1-3H3/b13-9+. The summed E-state index contributed by atoms with van der Waals surface area (Å²) in [5.41, 5.74) is 0. The SMILES string of the molecule is CCOC(=O)/C=C/CCCC(C)(C(=O)OC)S(=O)(=O)c1ccccc1. The lowest BCUT2D eigenvalue weighted by Gasteiger charge is -2.26. The molecular weight excluding hydrogens is 344 g/mol. The molecule has 0 amide bonds. The van der Waals surface area contributed by atoms with Gasteiger partial charge in [-0.25, -0.2) is 13.2 Å². The first-order valence-electron chi connectivity index (χ1n) is 8.01. The summed E-state index contributed by atoms with van der Waals surface area (Å²) < 4.78 is 33.6. The van der Waals surface area contributed by atoms with Crippen LogP contribution in [0.2, 0.25) is 0 Å². The molecule has 25 heavy (non-hydrogen) atoms. The van der Waals surface area contributed by atoms with Crippen molar-refractivity contribution in [3.63, 3.8) is 0 Å². The molecule has 0 radical (unpaired) electrons. The molecule has 0 aliphatic carbocycles. The van der Waals surface area contributed by atoms with Gasteiger partial charge in [0.2, 0.25) is 0 Å². The van der Waals surface area contributed by atoms with E-state index < -0.39 is 26.5 Å². The average molecular weight is 368 g/mol. The van der Waals surface area contributed by atoms with Crippen LogP contribution in [-0.2, 0) is 28.9 Å². The van der Waals surface area contributed by atoms with Crippen LogP contribution in [0.5, 0.6) is 0 Å². The van der Waals surface area contributed by atoms with E-state index in [1.54, 1.807) is 31.2 Å². The zero-order valence-electron chi connectivity index (χ0n) is 14.7. The number of carbonyl (C=O) groups is 2. The Labute approximate surface area is 148 Å². The topological polar surface area (TPSA) is 86.7 Å². The fraction of sp³-hybridized carbons (Fsp3) is 0.444. The summed E-state index contributed by atoms with van der Waals surface area (Å²) in [5, 5.41) is 0. The van der Waals surface area contributed by atoms with Gasteiger partial charge in [-0.2, -0.15) is 0 Å². The maximum atomic E-state index is 12.9. The Kier molecular flexibility index (Phi) is 7.83. The number of ether oxygens (including phenoxy) is 2. The number of unbranched alkanes of at least 4 members (excludes halogenated alkanes) is 1. The molecule has 138 valence electrons. The zero-order chi connectivity index (χ0) is 18.9. The van der Waals surface area contributed by atoms with Crippen LogP contribution in [-0.4, -0.2) is 38.8 Å². The third kappa shape index (κ3) is 5.16. The number of methoxy groups -OCH3 is 1. The molecule has 1 atom stereocenters. The summed E-state index contributed by atoms with van der Waals surface area (Å²) in [6.45, 7) is 3.37. The van der Waals surface area contributed by atoms with Crippen molar-refractivity contribution in [3.05, 3.63) is 42.5 Å². The first kappa shape index (κ1) is 20.9. The van der Waals surface area contributed by atoms with E-state index in [2.05, 4.69) is 0 Å². The summed E-state index contributed by atoms with van der Waals surface area (Å²) >= 11 is 0. The summed E-state index contributed by atoms with van der Waals surface area (Å²) in [6.07, 6.45) is 3.81. The molecule has 6 nitrogen and oxygen atoms in total. The molecule has 1 rings (SSSR count). The Morgan fingerprint density at radius 3 is 2.40 bits per heavy atom. The van der Waals surface area contributed by atoms with Crippen LogP contribution < -0.4 is 0 Å². The van der Waals surface area contributed by atoms with Crippen molar-refractivity contribution in [1.29, 1.82) is 0 Å². The highest BCUT2D eigenvalue weighted by atomic mass is 32.2. The Bertz CT molecular complexity index is 708. The monoisotopic (exact) mass is 368 g/mol. The van der Waals surface area contributed by atoms with Crippen LogP contribution in [0.15, 0.2) is 47.4 Å². The molecule has 1 aromatic rings. The molecule has 1 aromatic carbocycles. The maximum Gasteiger partial charge on any atom is 0.330 e. The van der Waals surface area contributed by atoms with Gasteiger partial charge in [-0.1, -0.05) is 24.3 Å². The van der Waals surface area contributed by atoms with Gasteiger partial charge in [0.15, 0.2) is 14.6 Å². The number of rotatable bonds is 9. The normalized spacial score (nSPS) is 14.0. The van der Waals surface area contributed by atoms with Gasteiger partial charge in [-0.15, -0.1) is 0 Å². The second kappa shape index (κ2) is 9.36. The molecule has 1 unspecified atom stereocenters. The minimum absolute atomic E-state index is 0.0735. The molecule has 0 aliphatic rings. The van der Waals surface area contributed by atoms with E-state index in [1.165, 1.54) is 32.2 Å². The molecule has 0 saturated carbocycles. The van der Waals surface area contributed by atoms with Crippen molar-refractivity contribution in [2.45, 2.75) is 42.8 Å². The number of sulfone groups is 1. The minimum Gasteiger partial charge on any atom is -0.468 e. The fourth-order valence-electron chi connectivity index (χ4n) is 2.35. The van der Waals surface area contributed by atoms with Crippen LogP contribution in [0.3, 0.4) is 0 Å². The third-order valence-corrected chi connectivity index (χ3v) is 6.28. The number of carbonyl (C=O) groups excluding carboxylic acids is 2. The molecule has 0 N–H and O–H groups in total. The molecule has 0 spiro atoms. The molecule has 0 bridgehead atoms. The van der Waals surface area contributed by atoms with Gasteiger partial charge < -0.3 is 9.47 Å². The quantitative estimate of drug-likeness (QED) is 0.378. The van der Waals surface area contributed by atoms with Gasteiger partial charge in [0, 0.05) is 6.08 Å².